The number of benzene rings is 3. The van der Waals surface area contributed by atoms with Crippen molar-refractivity contribution in [1.82, 2.24) is 14.7 Å². The van der Waals surface area contributed by atoms with Crippen molar-refractivity contribution < 1.29 is 0 Å². The van der Waals surface area contributed by atoms with E-state index < -0.39 is 0 Å². The van der Waals surface area contributed by atoms with Crippen LogP contribution in [0.3, 0.4) is 0 Å². The van der Waals surface area contributed by atoms with E-state index >= 15 is 0 Å². The molecule has 3 aromatic rings. The highest BCUT2D eigenvalue weighted by Crippen LogP contribution is 2.32. The van der Waals surface area contributed by atoms with E-state index in [1.54, 1.807) is 0 Å². The Hall–Kier alpha value is -1.94. The molecule has 5 rings (SSSR count). The first kappa shape index (κ1) is 17.2. The molecule has 0 bridgehead atoms. The van der Waals surface area contributed by atoms with E-state index in [0.717, 1.165) is 13.1 Å². The van der Waals surface area contributed by atoms with Gasteiger partial charge in [0.05, 0.1) is 0 Å². The zero-order valence-corrected chi connectivity index (χ0v) is 16.3. The third-order valence-electron chi connectivity index (χ3n) is 6.41. The lowest BCUT2D eigenvalue weighted by molar-refractivity contribution is -0.121. The summed E-state index contributed by atoms with van der Waals surface area (Å²) >= 11 is 0. The number of rotatable bonds is 3. The Morgan fingerprint density at radius 1 is 0.778 bits per heavy atom. The van der Waals surface area contributed by atoms with Crippen molar-refractivity contribution in [1.29, 1.82) is 0 Å². The average molecular weight is 360 g/mol. The lowest BCUT2D eigenvalue weighted by Crippen LogP contribution is -2.64. The van der Waals surface area contributed by atoms with Gasteiger partial charge in [-0.25, -0.2) is 0 Å². The lowest BCUT2D eigenvalue weighted by Gasteiger charge is -2.52. The van der Waals surface area contributed by atoms with Gasteiger partial charge < -0.3 is 0 Å². The van der Waals surface area contributed by atoms with Gasteiger partial charge in [-0.1, -0.05) is 55.5 Å². The third-order valence-corrected chi connectivity index (χ3v) is 6.41. The molecule has 0 spiro atoms. The minimum atomic E-state index is 0.468. The van der Waals surface area contributed by atoms with Crippen molar-refractivity contribution in [3.63, 3.8) is 0 Å². The fraction of sp³-hybridized carbons (Fsp3) is 0.417. The van der Waals surface area contributed by atoms with E-state index in [9.17, 15) is 0 Å². The predicted octanol–water partition coefficient (Wildman–Crippen LogP) is 4.51. The lowest BCUT2D eigenvalue weighted by atomic mass is 9.96. The van der Waals surface area contributed by atoms with Crippen molar-refractivity contribution in [3.8, 4) is 0 Å². The quantitative estimate of drug-likeness (QED) is 0.637. The maximum atomic E-state index is 2.72. The third kappa shape index (κ3) is 3.04. The van der Waals surface area contributed by atoms with Crippen LogP contribution in [0.15, 0.2) is 54.6 Å². The number of fused-ring (bicyclic) bond motifs is 3. The highest BCUT2D eigenvalue weighted by atomic mass is 15.5. The Morgan fingerprint density at radius 2 is 1.37 bits per heavy atom. The average Bonchev–Trinajstić information content (AvgIpc) is 2.73. The summed E-state index contributed by atoms with van der Waals surface area (Å²) in [5, 5.41) is 5.53. The van der Waals surface area contributed by atoms with Gasteiger partial charge in [0, 0.05) is 32.7 Å². The molecule has 2 saturated heterocycles. The molecular formula is C24H29N3. The largest absolute Gasteiger partial charge is 0.276 e. The zero-order valence-electron chi connectivity index (χ0n) is 16.3. The zero-order chi connectivity index (χ0) is 18.2. The summed E-state index contributed by atoms with van der Waals surface area (Å²) in [7, 11) is 0. The van der Waals surface area contributed by atoms with Crippen LogP contribution in [0.25, 0.3) is 21.5 Å². The van der Waals surface area contributed by atoms with Crippen molar-refractivity contribution in [2.75, 3.05) is 32.7 Å². The van der Waals surface area contributed by atoms with Gasteiger partial charge in [0.1, 0.15) is 6.29 Å². The van der Waals surface area contributed by atoms with Crippen LogP contribution in [0, 0.1) is 0 Å². The molecule has 1 unspecified atom stereocenters. The minimum Gasteiger partial charge on any atom is -0.276 e. The molecule has 2 fully saturated rings. The van der Waals surface area contributed by atoms with Gasteiger partial charge >= 0.3 is 0 Å². The van der Waals surface area contributed by atoms with E-state index in [0.29, 0.717) is 6.29 Å². The first-order valence-corrected chi connectivity index (χ1v) is 10.5. The SMILES string of the molecule is CCN1CCCN2CCCN(Cc3c4ccccc4cc4ccccc34)C12. The topological polar surface area (TPSA) is 9.72 Å². The van der Waals surface area contributed by atoms with E-state index in [4.69, 9.17) is 0 Å². The van der Waals surface area contributed by atoms with Crippen molar-refractivity contribution in [2.24, 2.45) is 0 Å². The van der Waals surface area contributed by atoms with E-state index in [2.05, 4.69) is 76.2 Å². The summed E-state index contributed by atoms with van der Waals surface area (Å²) in [6.07, 6.45) is 3.04. The fourth-order valence-corrected chi connectivity index (χ4v) is 5.18. The summed E-state index contributed by atoms with van der Waals surface area (Å²) in [6.45, 7) is 9.37. The first-order valence-electron chi connectivity index (χ1n) is 10.5. The minimum absolute atomic E-state index is 0.468. The maximum absolute atomic E-state index is 2.72. The molecule has 140 valence electrons. The van der Waals surface area contributed by atoms with Crippen LogP contribution >= 0.6 is 0 Å². The van der Waals surface area contributed by atoms with Crippen LogP contribution in [0.2, 0.25) is 0 Å². The Labute approximate surface area is 162 Å². The van der Waals surface area contributed by atoms with Gasteiger partial charge in [-0.15, -0.1) is 0 Å². The van der Waals surface area contributed by atoms with Gasteiger partial charge in [-0.05, 0) is 52.6 Å². The van der Waals surface area contributed by atoms with Crippen LogP contribution in [-0.2, 0) is 6.54 Å². The maximum Gasteiger partial charge on any atom is 0.119 e. The van der Waals surface area contributed by atoms with Crippen molar-refractivity contribution in [3.05, 3.63) is 60.2 Å². The van der Waals surface area contributed by atoms with Crippen molar-refractivity contribution >= 4 is 21.5 Å². The number of hydrogen-bond acceptors (Lipinski definition) is 3. The van der Waals surface area contributed by atoms with E-state index in [-0.39, 0.29) is 0 Å². The standard InChI is InChI=1S/C24H29N3/c1-2-25-13-7-14-26-15-8-16-27(24(25)26)18-23-21-11-5-3-9-19(21)17-20-10-4-6-12-22(20)23/h3-6,9-12,17,24H,2,7-8,13-16,18H2,1H3. The molecule has 0 aromatic heterocycles. The molecule has 3 nitrogen and oxygen atoms in total. The van der Waals surface area contributed by atoms with Crippen LogP contribution in [-0.4, -0.2) is 53.7 Å². The number of hydrogen-bond donors (Lipinski definition) is 0. The van der Waals surface area contributed by atoms with Gasteiger partial charge in [-0.3, -0.25) is 14.7 Å². The highest BCUT2D eigenvalue weighted by Gasteiger charge is 2.35. The smallest absolute Gasteiger partial charge is 0.119 e. The fourth-order valence-electron chi connectivity index (χ4n) is 5.18. The molecule has 0 radical (unpaired) electrons. The summed E-state index contributed by atoms with van der Waals surface area (Å²) in [6, 6.07) is 20.1. The summed E-state index contributed by atoms with van der Waals surface area (Å²) in [5.41, 5.74) is 1.49. The Kier molecular flexibility index (Phi) is 4.60. The van der Waals surface area contributed by atoms with Crippen LogP contribution in [0.5, 0.6) is 0 Å². The second-order valence-electron chi connectivity index (χ2n) is 7.99. The summed E-state index contributed by atoms with van der Waals surface area (Å²) in [4.78, 5) is 8.08. The molecule has 3 aromatic carbocycles. The molecule has 2 heterocycles. The van der Waals surface area contributed by atoms with Crippen molar-refractivity contribution in [2.45, 2.75) is 32.6 Å². The van der Waals surface area contributed by atoms with Gasteiger partial charge in [0.25, 0.3) is 0 Å². The monoisotopic (exact) mass is 359 g/mol. The van der Waals surface area contributed by atoms with E-state index in [1.807, 2.05) is 0 Å². The number of nitrogens with zero attached hydrogens (tertiary/aromatic N) is 3. The second kappa shape index (κ2) is 7.23. The summed E-state index contributed by atoms with van der Waals surface area (Å²) < 4.78 is 0. The Balaban J connectivity index is 1.60. The first-order chi connectivity index (χ1) is 13.3. The molecule has 3 heteroatoms. The Bertz CT molecular complexity index is 888. The van der Waals surface area contributed by atoms with Gasteiger partial charge in [0.15, 0.2) is 0 Å². The molecule has 27 heavy (non-hydrogen) atoms. The van der Waals surface area contributed by atoms with Gasteiger partial charge in [-0.2, -0.15) is 0 Å². The molecule has 0 amide bonds. The van der Waals surface area contributed by atoms with E-state index in [1.165, 1.54) is 66.1 Å². The molecular weight excluding hydrogens is 330 g/mol. The Morgan fingerprint density at radius 3 is 2.00 bits per heavy atom. The highest BCUT2D eigenvalue weighted by molar-refractivity contribution is 6.02. The summed E-state index contributed by atoms with van der Waals surface area (Å²) in [5.74, 6) is 0. The molecule has 1 atom stereocenters. The molecule has 2 aliphatic heterocycles. The van der Waals surface area contributed by atoms with Crippen LogP contribution in [0.1, 0.15) is 25.3 Å². The van der Waals surface area contributed by atoms with Crippen LogP contribution < -0.4 is 0 Å². The molecule has 0 aliphatic carbocycles. The predicted molar refractivity (Wildman–Crippen MR) is 114 cm³/mol. The molecule has 0 N–H and O–H groups in total. The molecule has 0 saturated carbocycles. The normalized spacial score (nSPS) is 22.3. The second-order valence-corrected chi connectivity index (χ2v) is 7.99. The molecule has 2 aliphatic rings. The van der Waals surface area contributed by atoms with Crippen LogP contribution in [0.4, 0.5) is 0 Å². The van der Waals surface area contributed by atoms with Gasteiger partial charge in [0.2, 0.25) is 0 Å².